The van der Waals surface area contributed by atoms with Gasteiger partial charge in [-0.05, 0) is 35.7 Å². The first-order valence-electron chi connectivity index (χ1n) is 6.91. The largest absolute Gasteiger partial charge is 0.313 e. The highest BCUT2D eigenvalue weighted by molar-refractivity contribution is 7.74. The molecule has 3 rings (SSSR count). The molecular weight excluding hydrogens is 316 g/mol. The van der Waals surface area contributed by atoms with Gasteiger partial charge in [-0.3, -0.25) is 13.5 Å². The Morgan fingerprint density at radius 3 is 2.83 bits per heavy atom. The van der Waals surface area contributed by atoms with E-state index in [0.717, 1.165) is 16.7 Å². The van der Waals surface area contributed by atoms with E-state index in [9.17, 15) is 9.00 Å². The Bertz CT molecular complexity index is 939. The Kier molecular flexibility index (Phi) is 4.33. The Hall–Kier alpha value is -2.35. The maximum atomic E-state index is 11.9. The van der Waals surface area contributed by atoms with Crippen LogP contribution in [0.25, 0.3) is 22.0 Å². The zero-order valence-corrected chi connectivity index (χ0v) is 13.0. The van der Waals surface area contributed by atoms with Crippen molar-refractivity contribution in [1.82, 2.24) is 9.97 Å². The van der Waals surface area contributed by atoms with E-state index >= 15 is 0 Å². The minimum atomic E-state index is -2.35. The number of aromatic amines is 1. The van der Waals surface area contributed by atoms with Crippen LogP contribution < -0.4 is 5.56 Å². The average molecular weight is 330 g/mol. The van der Waals surface area contributed by atoms with Gasteiger partial charge in [-0.25, -0.2) is 4.98 Å². The summed E-state index contributed by atoms with van der Waals surface area (Å²) in [7, 11) is 0. The van der Waals surface area contributed by atoms with Gasteiger partial charge in [0.1, 0.15) is 0 Å². The van der Waals surface area contributed by atoms with Crippen molar-refractivity contribution in [2.24, 2.45) is 0 Å². The van der Waals surface area contributed by atoms with Crippen molar-refractivity contribution in [1.29, 1.82) is 0 Å². The highest BCUT2D eigenvalue weighted by Gasteiger charge is 2.15. The third kappa shape index (κ3) is 3.21. The first-order chi connectivity index (χ1) is 11.1. The summed E-state index contributed by atoms with van der Waals surface area (Å²) in [4.78, 5) is 18.6. The molecule has 0 aliphatic carbocycles. The molecule has 2 unspecified atom stereocenters. The zero-order valence-electron chi connectivity index (χ0n) is 12.2. The quantitative estimate of drug-likeness (QED) is 0.718. The molecule has 0 radical (unpaired) electrons. The van der Waals surface area contributed by atoms with Gasteiger partial charge < -0.3 is 4.98 Å². The van der Waals surface area contributed by atoms with Crippen LogP contribution in [0.15, 0.2) is 53.6 Å². The molecule has 6 nitrogen and oxygen atoms in total. The second-order valence-corrected chi connectivity index (χ2v) is 5.63. The van der Waals surface area contributed by atoms with Gasteiger partial charge in [0, 0.05) is 0 Å². The van der Waals surface area contributed by atoms with Crippen LogP contribution >= 0.6 is 0 Å². The molecule has 0 aliphatic heterocycles. The minimum Gasteiger partial charge on any atom is -0.313 e. The molecule has 2 aromatic carbocycles. The number of aromatic nitrogens is 2. The second-order valence-electron chi connectivity index (χ2n) is 5.01. The number of hydrogen-bond donors (Lipinski definition) is 2. The summed E-state index contributed by atoms with van der Waals surface area (Å²) >= 11 is -2.35. The second kappa shape index (κ2) is 6.41. The first-order valence-corrected chi connectivity index (χ1v) is 7.94. The van der Waals surface area contributed by atoms with Gasteiger partial charge in [0.2, 0.25) is 0 Å². The van der Waals surface area contributed by atoms with Gasteiger partial charge in [0.05, 0.1) is 23.3 Å². The van der Waals surface area contributed by atoms with Gasteiger partial charge in [0.15, 0.2) is 0 Å². The lowest BCUT2D eigenvalue weighted by Crippen LogP contribution is -2.07. The molecule has 0 spiro atoms. The van der Waals surface area contributed by atoms with E-state index in [1.54, 1.807) is 19.1 Å². The normalized spacial score (nSPS) is 13.8. The van der Waals surface area contributed by atoms with Crippen LogP contribution in [0.3, 0.4) is 0 Å². The van der Waals surface area contributed by atoms with E-state index in [-0.39, 0.29) is 5.56 Å². The van der Waals surface area contributed by atoms with Gasteiger partial charge in [-0.15, -0.1) is 0 Å². The van der Waals surface area contributed by atoms with Crippen molar-refractivity contribution in [3.63, 3.8) is 0 Å². The molecule has 1 heterocycles. The molecule has 0 saturated heterocycles. The van der Waals surface area contributed by atoms with E-state index in [2.05, 4.69) is 9.97 Å². The molecule has 0 amide bonds. The van der Waals surface area contributed by atoms with Crippen LogP contribution in [-0.2, 0) is 15.5 Å². The summed E-state index contributed by atoms with van der Waals surface area (Å²) in [5.74, 6) is 0. The maximum absolute atomic E-state index is 11.9. The Morgan fingerprint density at radius 2 is 2.04 bits per heavy atom. The number of nitrogens with zero attached hydrogens (tertiary/aromatic N) is 1. The summed E-state index contributed by atoms with van der Waals surface area (Å²) in [5.41, 5.74) is 2.79. The molecule has 2 atom stereocenters. The van der Waals surface area contributed by atoms with Gasteiger partial charge in [0.25, 0.3) is 5.56 Å². The van der Waals surface area contributed by atoms with Gasteiger partial charge in [-0.2, -0.15) is 4.21 Å². The number of rotatable bonds is 4. The van der Waals surface area contributed by atoms with E-state index in [4.69, 9.17) is 8.74 Å². The molecular formula is C16H14N2O4S. The molecule has 2 N–H and O–H groups in total. The number of fused-ring (bicyclic) bond motifs is 1. The molecule has 0 fully saturated rings. The molecule has 0 bridgehead atoms. The smallest absolute Gasteiger partial charge is 0.302 e. The summed E-state index contributed by atoms with van der Waals surface area (Å²) in [6, 6.07) is 12.8. The van der Waals surface area contributed by atoms with Crippen LogP contribution in [0.1, 0.15) is 18.6 Å². The molecule has 0 aliphatic rings. The number of hydrogen-bond acceptors (Lipinski definition) is 4. The molecule has 118 valence electrons. The Balaban J connectivity index is 2.14. The fraction of sp³-hybridized carbons (Fsp3) is 0.125. The lowest BCUT2D eigenvalue weighted by Gasteiger charge is -2.15. The number of H-pyrrole nitrogens is 1. The molecule has 23 heavy (non-hydrogen) atoms. The highest BCUT2D eigenvalue weighted by atomic mass is 32.2. The van der Waals surface area contributed by atoms with Crippen LogP contribution in [0, 0.1) is 0 Å². The van der Waals surface area contributed by atoms with E-state index in [1.165, 1.54) is 6.33 Å². The predicted molar refractivity (Wildman–Crippen MR) is 88.1 cm³/mol. The topological polar surface area (TPSA) is 92.3 Å². The Labute approximate surface area is 134 Å². The van der Waals surface area contributed by atoms with Crippen molar-refractivity contribution in [2.45, 2.75) is 13.0 Å². The SMILES string of the molecule is CC(OS(=O)O)c1ccccc1-c1ccc2nc[nH]c(=O)c2c1. The molecule has 7 heteroatoms. The fourth-order valence-electron chi connectivity index (χ4n) is 2.53. The third-order valence-corrected chi connectivity index (χ3v) is 4.03. The van der Waals surface area contributed by atoms with Crippen LogP contribution in [0.5, 0.6) is 0 Å². The zero-order chi connectivity index (χ0) is 16.4. The summed E-state index contributed by atoms with van der Waals surface area (Å²) in [5, 5.41) is 0.485. The standard InChI is InChI=1S/C16H14N2O4S/c1-10(22-23(20)21)12-4-2-3-5-13(12)11-6-7-15-14(8-11)16(19)18-9-17-15/h2-10H,1H3,(H,20,21)(H,17,18,19). The third-order valence-electron chi connectivity index (χ3n) is 3.58. The molecule has 0 saturated carbocycles. The summed E-state index contributed by atoms with van der Waals surface area (Å²) < 4.78 is 24.8. The van der Waals surface area contributed by atoms with Crippen molar-refractivity contribution in [3.05, 3.63) is 64.7 Å². The van der Waals surface area contributed by atoms with Crippen molar-refractivity contribution in [3.8, 4) is 11.1 Å². The summed E-state index contributed by atoms with van der Waals surface area (Å²) in [6.07, 6.45) is 0.796. The maximum Gasteiger partial charge on any atom is 0.302 e. The van der Waals surface area contributed by atoms with Gasteiger partial charge in [-0.1, -0.05) is 30.3 Å². The van der Waals surface area contributed by atoms with Crippen LogP contribution in [0.4, 0.5) is 0 Å². The van der Waals surface area contributed by atoms with Crippen LogP contribution in [0.2, 0.25) is 0 Å². The van der Waals surface area contributed by atoms with E-state index in [1.807, 2.05) is 30.3 Å². The minimum absolute atomic E-state index is 0.213. The lowest BCUT2D eigenvalue weighted by atomic mass is 9.96. The predicted octanol–water partition coefficient (Wildman–Crippen LogP) is 2.80. The van der Waals surface area contributed by atoms with E-state index < -0.39 is 17.5 Å². The average Bonchev–Trinajstić information content (AvgIpc) is 2.54. The van der Waals surface area contributed by atoms with Crippen molar-refractivity contribution in [2.75, 3.05) is 0 Å². The highest BCUT2D eigenvalue weighted by Crippen LogP contribution is 2.31. The number of benzene rings is 2. The monoisotopic (exact) mass is 330 g/mol. The van der Waals surface area contributed by atoms with E-state index in [0.29, 0.717) is 10.9 Å². The summed E-state index contributed by atoms with van der Waals surface area (Å²) in [6.45, 7) is 1.70. The van der Waals surface area contributed by atoms with Crippen molar-refractivity contribution >= 4 is 22.3 Å². The first kappa shape index (κ1) is 15.5. The lowest BCUT2D eigenvalue weighted by molar-refractivity contribution is 0.228. The number of nitrogens with one attached hydrogen (secondary N) is 1. The Morgan fingerprint density at radius 1 is 1.26 bits per heavy atom. The van der Waals surface area contributed by atoms with Crippen molar-refractivity contribution < 1.29 is 12.9 Å². The molecule has 1 aromatic heterocycles. The van der Waals surface area contributed by atoms with Crippen LogP contribution in [-0.4, -0.2) is 18.7 Å². The molecule has 3 aromatic rings. The van der Waals surface area contributed by atoms with Gasteiger partial charge >= 0.3 is 11.4 Å². The fourth-order valence-corrected chi connectivity index (χ4v) is 2.88.